The molecule has 0 aliphatic carbocycles. The van der Waals surface area contributed by atoms with E-state index < -0.39 is 0 Å². The lowest BCUT2D eigenvalue weighted by molar-refractivity contribution is 0.373. The number of rotatable bonds is 7. The fraction of sp³-hybridized carbons (Fsp3) is 0.500. The van der Waals surface area contributed by atoms with Gasteiger partial charge in [0.1, 0.15) is 11.6 Å². The second-order valence-electron chi connectivity index (χ2n) is 12.4. The molecule has 0 saturated carbocycles. The van der Waals surface area contributed by atoms with Crippen molar-refractivity contribution in [3.8, 4) is 11.8 Å². The first kappa shape index (κ1) is 28.8. The van der Waals surface area contributed by atoms with Gasteiger partial charge in [0.25, 0.3) is 0 Å². The van der Waals surface area contributed by atoms with Crippen LogP contribution in [0.25, 0.3) is 5.57 Å². The summed E-state index contributed by atoms with van der Waals surface area (Å²) in [6.07, 6.45) is 4.73. The summed E-state index contributed by atoms with van der Waals surface area (Å²) < 4.78 is 4.28. The minimum Gasteiger partial charge on any atom is -0.507 e. The number of hydrogen-bond acceptors (Lipinski definition) is 3. The zero-order valence-corrected chi connectivity index (χ0v) is 24.2. The molecule has 0 aromatic heterocycles. The second-order valence-corrected chi connectivity index (χ2v) is 12.6. The number of hydrogen-bond donors (Lipinski definition) is 1. The summed E-state index contributed by atoms with van der Waals surface area (Å²) >= 11 is 6.26. The highest BCUT2D eigenvalue weighted by molar-refractivity contribution is 6.20. The molecule has 1 fully saturated rings. The van der Waals surface area contributed by atoms with Crippen LogP contribution in [0.3, 0.4) is 0 Å². The van der Waals surface area contributed by atoms with Gasteiger partial charge >= 0.3 is 0 Å². The average molecular weight is 520 g/mol. The van der Waals surface area contributed by atoms with Gasteiger partial charge in [-0.25, -0.2) is 0 Å². The number of amidine groups is 1. The molecule has 198 valence electrons. The van der Waals surface area contributed by atoms with Gasteiger partial charge in [-0.3, -0.25) is 0 Å². The summed E-state index contributed by atoms with van der Waals surface area (Å²) in [6.45, 7) is 16.3. The minimum absolute atomic E-state index is 0.235. The van der Waals surface area contributed by atoms with E-state index in [9.17, 15) is 10.4 Å². The fourth-order valence-corrected chi connectivity index (χ4v) is 5.70. The zero-order chi connectivity index (χ0) is 27.4. The number of phenolic OH excluding ortho intramolecular Hbond substituents is 1. The third-order valence-electron chi connectivity index (χ3n) is 7.42. The van der Waals surface area contributed by atoms with Crippen molar-refractivity contribution in [2.45, 2.75) is 78.6 Å². The van der Waals surface area contributed by atoms with Gasteiger partial charge in [-0.15, -0.1) is 0 Å². The number of allylic oxidation sites excluding steroid dienone is 1. The van der Waals surface area contributed by atoms with Crippen molar-refractivity contribution in [3.63, 3.8) is 0 Å². The van der Waals surface area contributed by atoms with Crippen LogP contribution >= 0.6 is 11.8 Å². The van der Waals surface area contributed by atoms with Gasteiger partial charge < -0.3 is 10.0 Å². The Morgan fingerprint density at radius 1 is 1.11 bits per heavy atom. The van der Waals surface area contributed by atoms with Crippen LogP contribution < -0.4 is 0 Å². The second kappa shape index (κ2) is 11.7. The molecule has 0 amide bonds. The standard InChI is InChI=1S/C32H42ClN3O/c1-8-12-24-21-36(30(35-33)26(24)17-22-13-10-9-11-14-22)20-23(15-16-34)25-18-27(31(2,3)4)29(37)28(19-25)32(5,6)7/h9-11,13-15,18-19,24,26,37H,8,12,17,20-21H2,1-7H3/b23-15+,35-30?/t24-,26+/m0/s1. The molecule has 4 nitrogen and oxygen atoms in total. The van der Waals surface area contributed by atoms with Crippen LogP contribution in [0, 0.1) is 23.2 Å². The fourth-order valence-electron chi connectivity index (χ4n) is 5.47. The number of likely N-dealkylation sites (tertiary alicyclic amines) is 1. The monoisotopic (exact) mass is 519 g/mol. The summed E-state index contributed by atoms with van der Waals surface area (Å²) in [5.74, 6) is 1.92. The predicted molar refractivity (Wildman–Crippen MR) is 156 cm³/mol. The van der Waals surface area contributed by atoms with E-state index in [1.807, 2.05) is 18.2 Å². The first-order valence-corrected chi connectivity index (χ1v) is 13.7. The number of phenols is 1. The van der Waals surface area contributed by atoms with Crippen molar-refractivity contribution < 1.29 is 5.11 Å². The lowest BCUT2D eigenvalue weighted by Gasteiger charge is -2.29. The van der Waals surface area contributed by atoms with Crippen LogP contribution in [-0.4, -0.2) is 28.9 Å². The largest absolute Gasteiger partial charge is 0.507 e. The molecule has 1 N–H and O–H groups in total. The van der Waals surface area contributed by atoms with Crippen LogP contribution in [0.5, 0.6) is 5.75 Å². The maximum absolute atomic E-state index is 11.2. The van der Waals surface area contributed by atoms with Crippen molar-refractivity contribution in [1.29, 1.82) is 5.26 Å². The Hall–Kier alpha value is -2.77. The van der Waals surface area contributed by atoms with Crippen LogP contribution in [-0.2, 0) is 17.3 Å². The highest BCUT2D eigenvalue weighted by Gasteiger charge is 2.38. The normalized spacial score (nSPS) is 19.9. The lowest BCUT2D eigenvalue weighted by atomic mass is 9.77. The van der Waals surface area contributed by atoms with E-state index in [4.69, 9.17) is 11.8 Å². The van der Waals surface area contributed by atoms with E-state index in [0.717, 1.165) is 53.9 Å². The molecule has 0 spiro atoms. The molecule has 0 unspecified atom stereocenters. The molecular weight excluding hydrogens is 478 g/mol. The van der Waals surface area contributed by atoms with Gasteiger partial charge in [-0.2, -0.15) is 9.77 Å². The topological polar surface area (TPSA) is 59.6 Å². The molecule has 2 aromatic carbocycles. The van der Waals surface area contributed by atoms with Gasteiger partial charge in [-0.1, -0.05) is 85.2 Å². The molecule has 2 aromatic rings. The zero-order valence-electron chi connectivity index (χ0n) is 23.5. The Bertz CT molecular complexity index is 1140. The van der Waals surface area contributed by atoms with Crippen LogP contribution in [0.15, 0.2) is 53.1 Å². The Labute approximate surface area is 228 Å². The summed E-state index contributed by atoms with van der Waals surface area (Å²) in [5, 5.41) is 20.9. The maximum atomic E-state index is 11.2. The molecule has 37 heavy (non-hydrogen) atoms. The molecule has 0 radical (unpaired) electrons. The summed E-state index contributed by atoms with van der Waals surface area (Å²) in [6, 6.07) is 16.9. The molecule has 2 atom stereocenters. The van der Waals surface area contributed by atoms with E-state index in [1.54, 1.807) is 6.08 Å². The van der Waals surface area contributed by atoms with Gasteiger partial charge in [0.15, 0.2) is 0 Å². The molecule has 3 rings (SSSR count). The Balaban J connectivity index is 2.03. The van der Waals surface area contributed by atoms with E-state index in [0.29, 0.717) is 18.2 Å². The van der Waals surface area contributed by atoms with Crippen molar-refractivity contribution >= 4 is 23.2 Å². The lowest BCUT2D eigenvalue weighted by Crippen LogP contribution is -2.30. The van der Waals surface area contributed by atoms with Crippen molar-refractivity contribution in [1.82, 2.24) is 4.90 Å². The van der Waals surface area contributed by atoms with Crippen molar-refractivity contribution in [2.24, 2.45) is 16.3 Å². The number of aromatic hydroxyl groups is 1. The summed E-state index contributed by atoms with van der Waals surface area (Å²) in [5.41, 5.74) is 4.43. The van der Waals surface area contributed by atoms with Gasteiger partial charge in [0.05, 0.1) is 6.07 Å². The number of nitriles is 1. The van der Waals surface area contributed by atoms with E-state index in [-0.39, 0.29) is 16.7 Å². The highest BCUT2D eigenvalue weighted by atomic mass is 35.5. The van der Waals surface area contributed by atoms with Crippen molar-refractivity contribution in [2.75, 3.05) is 13.1 Å². The first-order valence-electron chi connectivity index (χ1n) is 13.3. The summed E-state index contributed by atoms with van der Waals surface area (Å²) in [4.78, 5) is 2.25. The van der Waals surface area contributed by atoms with Gasteiger partial charge in [0, 0.05) is 48.0 Å². The minimum atomic E-state index is -0.249. The molecule has 5 heteroatoms. The number of halogens is 1. The number of benzene rings is 2. The Morgan fingerprint density at radius 2 is 1.70 bits per heavy atom. The van der Waals surface area contributed by atoms with Crippen molar-refractivity contribution in [3.05, 3.63) is 70.8 Å². The third-order valence-corrected chi connectivity index (χ3v) is 7.59. The predicted octanol–water partition coefficient (Wildman–Crippen LogP) is 8.04. The van der Waals surface area contributed by atoms with Crippen LogP contribution in [0.4, 0.5) is 0 Å². The highest BCUT2D eigenvalue weighted by Crippen LogP contribution is 2.42. The van der Waals surface area contributed by atoms with E-state index >= 15 is 0 Å². The Morgan fingerprint density at radius 3 is 2.19 bits per heavy atom. The Kier molecular flexibility index (Phi) is 9.13. The van der Waals surface area contributed by atoms with E-state index in [1.165, 1.54) is 5.56 Å². The van der Waals surface area contributed by atoms with Crippen LogP contribution in [0.1, 0.15) is 83.6 Å². The smallest absolute Gasteiger partial charge is 0.123 e. The SMILES string of the molecule is CCC[C@H]1CN(C/C(=C\C#N)c2cc(C(C)(C)C)c(O)c(C(C)(C)C)c2)C(=NCl)[C@@H]1Cc1ccccc1. The third kappa shape index (κ3) is 6.76. The number of nitrogens with zero attached hydrogens (tertiary/aromatic N) is 3. The molecular formula is C32H42ClN3O. The summed E-state index contributed by atoms with van der Waals surface area (Å²) in [7, 11) is 0. The van der Waals surface area contributed by atoms with Gasteiger partial charge in [0.2, 0.25) is 0 Å². The van der Waals surface area contributed by atoms with Gasteiger partial charge in [-0.05, 0) is 58.4 Å². The first-order chi connectivity index (χ1) is 17.4. The molecule has 0 bridgehead atoms. The van der Waals surface area contributed by atoms with E-state index in [2.05, 4.69) is 88.2 Å². The average Bonchev–Trinajstić information content (AvgIpc) is 3.13. The molecule has 1 saturated heterocycles. The quantitative estimate of drug-likeness (QED) is 0.376. The van der Waals surface area contributed by atoms with Crippen LogP contribution in [0.2, 0.25) is 0 Å². The molecule has 1 aliphatic heterocycles. The molecule has 1 aliphatic rings. The molecule has 1 heterocycles. The maximum Gasteiger partial charge on any atom is 0.123 e.